The second-order valence-corrected chi connectivity index (χ2v) is 10.9. The maximum atomic E-state index is 6.44. The van der Waals surface area contributed by atoms with E-state index in [9.17, 15) is 0 Å². The Kier molecular flexibility index (Phi) is 4.94. The van der Waals surface area contributed by atoms with Crippen molar-refractivity contribution in [1.29, 1.82) is 0 Å². The molecule has 0 N–H and O–H groups in total. The molecule has 7 rings (SSSR count). The van der Waals surface area contributed by atoms with Gasteiger partial charge in [0.1, 0.15) is 5.58 Å². The maximum Gasteiger partial charge on any atom is 0.227 e. The highest BCUT2D eigenvalue weighted by molar-refractivity contribution is 6.11. The number of aromatic nitrogens is 2. The van der Waals surface area contributed by atoms with Gasteiger partial charge >= 0.3 is 0 Å². The molecule has 0 bridgehead atoms. The summed E-state index contributed by atoms with van der Waals surface area (Å²) in [5.41, 5.74) is 8.73. The molecule has 176 valence electrons. The predicted octanol–water partition coefficient (Wildman–Crippen LogP) is 9.13. The van der Waals surface area contributed by atoms with Crippen LogP contribution in [0, 0.1) is 13.8 Å². The SMILES string of the molecule is Cc1cc(-c2nc(C3CCCC3)cc3cc(C4CCCC4)ccc23)c2oc3nc(C)ccc3c2c1. The van der Waals surface area contributed by atoms with Crippen molar-refractivity contribution >= 4 is 32.8 Å². The van der Waals surface area contributed by atoms with E-state index in [0.29, 0.717) is 17.5 Å². The third-order valence-corrected chi connectivity index (χ3v) is 8.45. The van der Waals surface area contributed by atoms with E-state index >= 15 is 0 Å². The zero-order valence-corrected chi connectivity index (χ0v) is 20.7. The van der Waals surface area contributed by atoms with Gasteiger partial charge in [0.05, 0.1) is 5.69 Å². The molecule has 2 aliphatic carbocycles. The van der Waals surface area contributed by atoms with Gasteiger partial charge in [-0.25, -0.2) is 4.98 Å². The fourth-order valence-corrected chi connectivity index (χ4v) is 6.62. The number of pyridine rings is 2. The van der Waals surface area contributed by atoms with Crippen LogP contribution in [-0.2, 0) is 0 Å². The molecule has 2 aliphatic rings. The van der Waals surface area contributed by atoms with Gasteiger partial charge in [-0.05, 0) is 92.3 Å². The molecule has 3 aromatic heterocycles. The third kappa shape index (κ3) is 3.55. The molecule has 3 nitrogen and oxygen atoms in total. The Morgan fingerprint density at radius 1 is 0.714 bits per heavy atom. The Balaban J connectivity index is 1.50. The summed E-state index contributed by atoms with van der Waals surface area (Å²) in [4.78, 5) is 10.1. The molecule has 5 aromatic rings. The molecular formula is C32H32N2O. The minimum absolute atomic E-state index is 0.563. The first-order chi connectivity index (χ1) is 17.1. The monoisotopic (exact) mass is 460 g/mol. The molecule has 2 aromatic carbocycles. The maximum absolute atomic E-state index is 6.44. The Morgan fingerprint density at radius 3 is 2.26 bits per heavy atom. The summed E-state index contributed by atoms with van der Waals surface area (Å²) >= 11 is 0. The van der Waals surface area contributed by atoms with Gasteiger partial charge in [0, 0.05) is 39.0 Å². The van der Waals surface area contributed by atoms with Gasteiger partial charge in [-0.2, -0.15) is 0 Å². The molecule has 35 heavy (non-hydrogen) atoms. The van der Waals surface area contributed by atoms with Crippen LogP contribution in [0.15, 0.2) is 52.9 Å². The smallest absolute Gasteiger partial charge is 0.227 e. The van der Waals surface area contributed by atoms with Crippen molar-refractivity contribution in [3.05, 3.63) is 71.0 Å². The van der Waals surface area contributed by atoms with Gasteiger partial charge in [-0.3, -0.25) is 4.98 Å². The Labute approximate surface area is 206 Å². The van der Waals surface area contributed by atoms with E-state index in [-0.39, 0.29) is 0 Å². The van der Waals surface area contributed by atoms with Gasteiger partial charge in [0.25, 0.3) is 0 Å². The number of rotatable bonds is 3. The van der Waals surface area contributed by atoms with Crippen molar-refractivity contribution in [2.75, 3.05) is 0 Å². The predicted molar refractivity (Wildman–Crippen MR) is 144 cm³/mol. The van der Waals surface area contributed by atoms with Crippen molar-refractivity contribution < 1.29 is 4.42 Å². The summed E-state index contributed by atoms with van der Waals surface area (Å²) in [7, 11) is 0. The number of hydrogen-bond donors (Lipinski definition) is 0. The molecule has 3 heterocycles. The van der Waals surface area contributed by atoms with Gasteiger partial charge in [-0.15, -0.1) is 0 Å². The average molecular weight is 461 g/mol. The first kappa shape index (κ1) is 21.1. The standard InChI is InChI=1S/C32H32N2O/c1-19-15-27-26-13-11-20(2)33-32(26)35-31(27)28(16-19)30-25-14-12-23(21-7-3-4-8-21)17-24(25)18-29(34-30)22-9-5-6-10-22/h11-18,21-22H,3-10H2,1-2H3. The molecule has 0 unspecified atom stereocenters. The highest BCUT2D eigenvalue weighted by atomic mass is 16.3. The van der Waals surface area contributed by atoms with Gasteiger partial charge in [-0.1, -0.05) is 43.9 Å². The summed E-state index contributed by atoms with van der Waals surface area (Å²) in [5.74, 6) is 1.27. The van der Waals surface area contributed by atoms with Crippen LogP contribution in [-0.4, -0.2) is 9.97 Å². The van der Waals surface area contributed by atoms with Gasteiger partial charge in [0.2, 0.25) is 5.71 Å². The summed E-state index contributed by atoms with van der Waals surface area (Å²) in [5, 5.41) is 4.77. The molecule has 0 saturated heterocycles. The highest BCUT2D eigenvalue weighted by Crippen LogP contribution is 2.42. The number of fused-ring (bicyclic) bond motifs is 4. The van der Waals surface area contributed by atoms with Crippen LogP contribution in [0.4, 0.5) is 0 Å². The lowest BCUT2D eigenvalue weighted by Crippen LogP contribution is -2.00. The van der Waals surface area contributed by atoms with Crippen LogP contribution >= 0.6 is 0 Å². The summed E-state index contributed by atoms with van der Waals surface area (Å²) in [6, 6.07) is 18.2. The molecule has 2 fully saturated rings. The van der Waals surface area contributed by atoms with Crippen molar-refractivity contribution in [1.82, 2.24) is 9.97 Å². The van der Waals surface area contributed by atoms with Crippen molar-refractivity contribution in [3.8, 4) is 11.3 Å². The van der Waals surface area contributed by atoms with E-state index in [1.54, 1.807) is 0 Å². The van der Waals surface area contributed by atoms with Crippen LogP contribution in [0.1, 0.15) is 85.7 Å². The van der Waals surface area contributed by atoms with Crippen molar-refractivity contribution in [2.45, 2.75) is 77.0 Å². The van der Waals surface area contributed by atoms with Crippen LogP contribution in [0.3, 0.4) is 0 Å². The molecule has 0 radical (unpaired) electrons. The van der Waals surface area contributed by atoms with Crippen molar-refractivity contribution in [2.24, 2.45) is 0 Å². The summed E-state index contributed by atoms with van der Waals surface area (Å²) in [6.45, 7) is 4.19. The van der Waals surface area contributed by atoms with E-state index in [2.05, 4.69) is 60.4 Å². The number of benzene rings is 2. The van der Waals surface area contributed by atoms with E-state index in [4.69, 9.17) is 9.40 Å². The summed E-state index contributed by atoms with van der Waals surface area (Å²) in [6.07, 6.45) is 10.5. The van der Waals surface area contributed by atoms with Crippen LogP contribution in [0.25, 0.3) is 44.1 Å². The van der Waals surface area contributed by atoms with E-state index in [1.165, 1.54) is 79.0 Å². The number of nitrogens with zero attached hydrogens (tertiary/aromatic N) is 2. The highest BCUT2D eigenvalue weighted by Gasteiger charge is 2.24. The van der Waals surface area contributed by atoms with Crippen molar-refractivity contribution in [3.63, 3.8) is 0 Å². The lowest BCUT2D eigenvalue weighted by atomic mass is 9.91. The number of hydrogen-bond acceptors (Lipinski definition) is 3. The van der Waals surface area contributed by atoms with E-state index in [1.807, 2.05) is 6.92 Å². The van der Waals surface area contributed by atoms with Gasteiger partial charge < -0.3 is 4.42 Å². The molecule has 2 saturated carbocycles. The van der Waals surface area contributed by atoms with E-state index < -0.39 is 0 Å². The van der Waals surface area contributed by atoms with E-state index in [0.717, 1.165) is 33.3 Å². The zero-order valence-electron chi connectivity index (χ0n) is 20.7. The molecule has 0 atom stereocenters. The molecular weight excluding hydrogens is 428 g/mol. The van der Waals surface area contributed by atoms with Crippen LogP contribution in [0.5, 0.6) is 0 Å². The first-order valence-electron chi connectivity index (χ1n) is 13.4. The normalized spacial score (nSPS) is 17.4. The second kappa shape index (κ2) is 8.19. The average Bonchev–Trinajstić information content (AvgIpc) is 3.63. The molecule has 0 aliphatic heterocycles. The molecule has 0 spiro atoms. The molecule has 3 heteroatoms. The quantitative estimate of drug-likeness (QED) is 0.269. The largest absolute Gasteiger partial charge is 0.437 e. The zero-order chi connectivity index (χ0) is 23.5. The second-order valence-electron chi connectivity index (χ2n) is 10.9. The Bertz CT molecular complexity index is 1580. The fraction of sp³-hybridized carbons (Fsp3) is 0.375. The lowest BCUT2D eigenvalue weighted by Gasteiger charge is -2.17. The molecule has 0 amide bonds. The minimum atomic E-state index is 0.563. The fourth-order valence-electron chi connectivity index (χ4n) is 6.62. The topological polar surface area (TPSA) is 38.9 Å². The van der Waals surface area contributed by atoms with Crippen LogP contribution < -0.4 is 0 Å². The number of aryl methyl sites for hydroxylation is 2. The number of furan rings is 1. The minimum Gasteiger partial charge on any atom is -0.437 e. The van der Waals surface area contributed by atoms with Crippen LogP contribution in [0.2, 0.25) is 0 Å². The first-order valence-corrected chi connectivity index (χ1v) is 13.4. The summed E-state index contributed by atoms with van der Waals surface area (Å²) < 4.78 is 6.44. The Morgan fingerprint density at radius 2 is 1.46 bits per heavy atom. The third-order valence-electron chi connectivity index (χ3n) is 8.45. The van der Waals surface area contributed by atoms with Gasteiger partial charge in [0.15, 0.2) is 0 Å². The Hall–Kier alpha value is -3.20. The lowest BCUT2D eigenvalue weighted by molar-refractivity contribution is 0.653.